The van der Waals surface area contributed by atoms with Gasteiger partial charge in [0.15, 0.2) is 0 Å². The molecule has 7 nitrogen and oxygen atoms in total. The van der Waals surface area contributed by atoms with Crippen molar-refractivity contribution in [2.75, 3.05) is 18.5 Å². The standard InChI is InChI=1S/C21H20ClFN4O3/c1-3-29-19-17-26-15(21-9-20(2,10-21)30-11-21)8-27(17)7-14(25-19)18(28)24-13-6-4-5-12(23)16(13)22/h4-8H,3,9-11H2,1-2H3,(H,24,28). The van der Waals surface area contributed by atoms with Gasteiger partial charge in [0, 0.05) is 17.8 Å². The Kier molecular flexibility index (Phi) is 4.27. The molecule has 30 heavy (non-hydrogen) atoms. The van der Waals surface area contributed by atoms with Gasteiger partial charge in [-0.1, -0.05) is 17.7 Å². The lowest BCUT2D eigenvalue weighted by molar-refractivity contribution is 0.0154. The Bertz CT molecular complexity index is 1170. The normalized spacial score (nSPS) is 24.7. The smallest absolute Gasteiger partial charge is 0.275 e. The fourth-order valence-corrected chi connectivity index (χ4v) is 4.68. The van der Waals surface area contributed by atoms with Crippen molar-refractivity contribution in [1.29, 1.82) is 0 Å². The number of anilines is 1. The molecule has 0 spiro atoms. The summed E-state index contributed by atoms with van der Waals surface area (Å²) in [6.45, 7) is 4.96. The predicted molar refractivity (Wildman–Crippen MR) is 109 cm³/mol. The Hall–Kier alpha value is -2.71. The van der Waals surface area contributed by atoms with Crippen LogP contribution in [0.15, 0.2) is 30.6 Å². The maximum absolute atomic E-state index is 13.7. The van der Waals surface area contributed by atoms with Crippen LogP contribution >= 0.6 is 11.6 Å². The molecule has 4 heterocycles. The van der Waals surface area contributed by atoms with E-state index in [0.717, 1.165) is 18.5 Å². The number of hydrogen-bond donors (Lipinski definition) is 1. The minimum absolute atomic E-state index is 0.0634. The highest BCUT2D eigenvalue weighted by molar-refractivity contribution is 6.34. The first-order valence-electron chi connectivity index (χ1n) is 9.75. The number of halogens is 2. The van der Waals surface area contributed by atoms with E-state index in [1.807, 2.05) is 13.1 Å². The lowest BCUT2D eigenvalue weighted by atomic mass is 9.62. The van der Waals surface area contributed by atoms with Gasteiger partial charge in [0.2, 0.25) is 5.65 Å². The van der Waals surface area contributed by atoms with Gasteiger partial charge in [-0.05, 0) is 38.8 Å². The van der Waals surface area contributed by atoms with E-state index in [1.54, 1.807) is 10.6 Å². The number of amides is 1. The van der Waals surface area contributed by atoms with Crippen LogP contribution in [0.3, 0.4) is 0 Å². The van der Waals surface area contributed by atoms with E-state index in [1.165, 1.54) is 18.2 Å². The molecule has 2 saturated heterocycles. The SMILES string of the molecule is CCOc1nc(C(=O)Nc2cccc(F)c2Cl)cn2cc(C34COC(C)(C3)C4)nc12. The summed E-state index contributed by atoms with van der Waals surface area (Å²) in [6, 6.07) is 4.21. The largest absolute Gasteiger partial charge is 0.475 e. The van der Waals surface area contributed by atoms with E-state index < -0.39 is 11.7 Å². The van der Waals surface area contributed by atoms with Crippen LogP contribution in [-0.4, -0.2) is 39.1 Å². The maximum Gasteiger partial charge on any atom is 0.275 e. The summed E-state index contributed by atoms with van der Waals surface area (Å²) in [6.07, 6.45) is 5.33. The molecule has 156 valence electrons. The van der Waals surface area contributed by atoms with Gasteiger partial charge in [0.05, 0.1) is 35.2 Å². The Labute approximate surface area is 177 Å². The van der Waals surface area contributed by atoms with Crippen molar-refractivity contribution in [2.24, 2.45) is 0 Å². The van der Waals surface area contributed by atoms with Crippen LogP contribution in [0.2, 0.25) is 5.02 Å². The van der Waals surface area contributed by atoms with Crippen molar-refractivity contribution in [3.05, 3.63) is 52.8 Å². The third kappa shape index (κ3) is 2.94. The van der Waals surface area contributed by atoms with E-state index in [2.05, 4.69) is 17.2 Å². The highest BCUT2D eigenvalue weighted by atomic mass is 35.5. The van der Waals surface area contributed by atoms with Gasteiger partial charge in [-0.3, -0.25) is 9.20 Å². The number of ether oxygens (including phenoxy) is 2. The number of carbonyl (C=O) groups is 1. The summed E-state index contributed by atoms with van der Waals surface area (Å²) < 4.78 is 27.0. The van der Waals surface area contributed by atoms with E-state index in [-0.39, 0.29) is 33.3 Å². The third-order valence-corrected chi connectivity index (χ3v) is 6.17. The molecule has 1 saturated carbocycles. The average Bonchev–Trinajstić information content (AvgIpc) is 3.36. The second-order valence-corrected chi connectivity index (χ2v) is 8.53. The monoisotopic (exact) mass is 430 g/mol. The molecule has 2 bridgehead atoms. The van der Waals surface area contributed by atoms with Gasteiger partial charge in [-0.25, -0.2) is 14.4 Å². The molecule has 1 aliphatic carbocycles. The van der Waals surface area contributed by atoms with E-state index in [4.69, 9.17) is 26.1 Å². The first-order chi connectivity index (χ1) is 14.3. The zero-order valence-electron chi connectivity index (χ0n) is 16.5. The van der Waals surface area contributed by atoms with Gasteiger partial charge >= 0.3 is 0 Å². The number of fused-ring (bicyclic) bond motifs is 2. The molecule has 9 heteroatoms. The quantitative estimate of drug-likeness (QED) is 0.662. The molecule has 3 fully saturated rings. The second-order valence-electron chi connectivity index (χ2n) is 8.15. The van der Waals surface area contributed by atoms with Crippen LogP contribution in [0.25, 0.3) is 5.65 Å². The number of nitrogens with one attached hydrogen (secondary N) is 1. The topological polar surface area (TPSA) is 77.8 Å². The van der Waals surface area contributed by atoms with Gasteiger partial charge in [0.1, 0.15) is 11.5 Å². The van der Waals surface area contributed by atoms with Crippen molar-refractivity contribution >= 4 is 28.8 Å². The number of aromatic nitrogens is 3. The lowest BCUT2D eigenvalue weighted by Crippen LogP contribution is -2.45. The Morgan fingerprint density at radius 2 is 2.17 bits per heavy atom. The van der Waals surface area contributed by atoms with E-state index in [9.17, 15) is 9.18 Å². The number of rotatable bonds is 5. The van der Waals surface area contributed by atoms with Crippen LogP contribution in [0.4, 0.5) is 10.1 Å². The van der Waals surface area contributed by atoms with Crippen LogP contribution in [0.1, 0.15) is 42.9 Å². The summed E-state index contributed by atoms with van der Waals surface area (Å²) in [4.78, 5) is 21.9. The zero-order valence-corrected chi connectivity index (χ0v) is 17.3. The summed E-state index contributed by atoms with van der Waals surface area (Å²) in [5.74, 6) is -0.879. The molecule has 2 aliphatic heterocycles. The molecular weight excluding hydrogens is 411 g/mol. The van der Waals surface area contributed by atoms with Crippen LogP contribution in [0.5, 0.6) is 5.88 Å². The molecule has 3 aliphatic rings. The molecular formula is C21H20ClFN4O3. The van der Waals surface area contributed by atoms with Gasteiger partial charge < -0.3 is 14.8 Å². The Morgan fingerprint density at radius 3 is 2.87 bits per heavy atom. The summed E-state index contributed by atoms with van der Waals surface area (Å²) in [5, 5.41) is 2.44. The highest BCUT2D eigenvalue weighted by Crippen LogP contribution is 2.58. The number of benzene rings is 1. The fourth-order valence-electron chi connectivity index (χ4n) is 4.51. The molecule has 0 unspecified atom stereocenters. The fraction of sp³-hybridized carbons (Fsp3) is 0.381. The van der Waals surface area contributed by atoms with Crippen LogP contribution in [0, 0.1) is 5.82 Å². The van der Waals surface area contributed by atoms with Crippen molar-refractivity contribution in [3.63, 3.8) is 0 Å². The van der Waals surface area contributed by atoms with Crippen molar-refractivity contribution in [1.82, 2.24) is 14.4 Å². The van der Waals surface area contributed by atoms with Crippen LogP contribution < -0.4 is 10.1 Å². The molecule has 1 aromatic carbocycles. The summed E-state index contributed by atoms with van der Waals surface area (Å²) in [7, 11) is 0. The number of nitrogens with zero attached hydrogens (tertiary/aromatic N) is 3. The number of carbonyl (C=O) groups excluding carboxylic acids is 1. The first kappa shape index (κ1) is 19.3. The minimum atomic E-state index is -0.613. The molecule has 3 aromatic rings. The van der Waals surface area contributed by atoms with E-state index >= 15 is 0 Å². The molecule has 2 aromatic heterocycles. The van der Waals surface area contributed by atoms with Crippen molar-refractivity contribution in [3.8, 4) is 5.88 Å². The summed E-state index contributed by atoms with van der Waals surface area (Å²) >= 11 is 5.95. The summed E-state index contributed by atoms with van der Waals surface area (Å²) in [5.41, 5.74) is 1.57. The second kappa shape index (κ2) is 6.65. The average molecular weight is 431 g/mol. The molecule has 6 rings (SSSR count). The molecule has 1 amide bonds. The Morgan fingerprint density at radius 1 is 1.37 bits per heavy atom. The Balaban J connectivity index is 1.51. The van der Waals surface area contributed by atoms with E-state index in [0.29, 0.717) is 18.9 Å². The number of imidazole rings is 1. The minimum Gasteiger partial charge on any atom is -0.475 e. The van der Waals surface area contributed by atoms with Crippen LogP contribution in [-0.2, 0) is 10.2 Å². The molecule has 0 radical (unpaired) electrons. The first-order valence-corrected chi connectivity index (χ1v) is 10.1. The predicted octanol–water partition coefficient (Wildman–Crippen LogP) is 3.99. The van der Waals surface area contributed by atoms with Crippen molar-refractivity contribution in [2.45, 2.75) is 37.7 Å². The third-order valence-electron chi connectivity index (χ3n) is 5.79. The highest BCUT2D eigenvalue weighted by Gasteiger charge is 2.61. The van der Waals surface area contributed by atoms with Gasteiger partial charge in [-0.2, -0.15) is 0 Å². The maximum atomic E-state index is 13.7. The lowest BCUT2D eigenvalue weighted by Gasteiger charge is -2.41. The van der Waals surface area contributed by atoms with Gasteiger partial charge in [0.25, 0.3) is 11.8 Å². The molecule has 0 atom stereocenters. The molecule has 1 N–H and O–H groups in total. The zero-order chi connectivity index (χ0) is 21.1. The number of hydrogen-bond acceptors (Lipinski definition) is 5. The van der Waals surface area contributed by atoms with Crippen molar-refractivity contribution < 1.29 is 18.7 Å². The van der Waals surface area contributed by atoms with Gasteiger partial charge in [-0.15, -0.1) is 0 Å².